The minimum atomic E-state index is -3.75. The molecule has 0 aliphatic carbocycles. The maximum absolute atomic E-state index is 12.4. The SMILES string of the molecule is COc1ccc(S(=O)(=O)NCc2cccc(Cl)c2)cc1NC(C)=O. The molecule has 0 unspecified atom stereocenters. The summed E-state index contributed by atoms with van der Waals surface area (Å²) in [5.41, 5.74) is 1.03. The van der Waals surface area contributed by atoms with Crippen molar-refractivity contribution in [3.8, 4) is 5.75 Å². The number of benzene rings is 2. The molecule has 0 saturated heterocycles. The summed E-state index contributed by atoms with van der Waals surface area (Å²) in [6, 6.07) is 11.1. The van der Waals surface area contributed by atoms with Gasteiger partial charge in [-0.3, -0.25) is 4.79 Å². The molecule has 128 valence electrons. The average Bonchev–Trinajstić information content (AvgIpc) is 2.52. The molecule has 0 radical (unpaired) electrons. The zero-order valence-electron chi connectivity index (χ0n) is 13.2. The monoisotopic (exact) mass is 368 g/mol. The van der Waals surface area contributed by atoms with Crippen LogP contribution in [0.4, 0.5) is 5.69 Å². The largest absolute Gasteiger partial charge is 0.495 e. The van der Waals surface area contributed by atoms with Crippen LogP contribution in [0.1, 0.15) is 12.5 Å². The van der Waals surface area contributed by atoms with E-state index in [-0.39, 0.29) is 23.0 Å². The Morgan fingerprint density at radius 2 is 1.96 bits per heavy atom. The lowest BCUT2D eigenvalue weighted by Gasteiger charge is -2.12. The van der Waals surface area contributed by atoms with Crippen LogP contribution < -0.4 is 14.8 Å². The summed E-state index contributed by atoms with van der Waals surface area (Å²) in [4.78, 5) is 11.3. The van der Waals surface area contributed by atoms with Crippen LogP contribution in [0, 0.1) is 0 Å². The number of carbonyl (C=O) groups is 1. The number of anilines is 1. The molecule has 1 amide bonds. The van der Waals surface area contributed by atoms with Gasteiger partial charge in [-0.15, -0.1) is 0 Å². The van der Waals surface area contributed by atoms with Gasteiger partial charge in [0.05, 0.1) is 17.7 Å². The Balaban J connectivity index is 2.23. The Kier molecular flexibility index (Phi) is 5.82. The molecule has 0 aliphatic rings. The van der Waals surface area contributed by atoms with Crippen molar-refractivity contribution < 1.29 is 17.9 Å². The molecule has 2 aromatic rings. The molecule has 0 spiro atoms. The van der Waals surface area contributed by atoms with E-state index in [9.17, 15) is 13.2 Å². The summed E-state index contributed by atoms with van der Waals surface area (Å²) in [6.45, 7) is 1.43. The summed E-state index contributed by atoms with van der Waals surface area (Å²) in [5.74, 6) is 0.0497. The quantitative estimate of drug-likeness (QED) is 0.821. The zero-order valence-corrected chi connectivity index (χ0v) is 14.7. The number of ether oxygens (including phenoxy) is 1. The van der Waals surface area contributed by atoms with Crippen molar-refractivity contribution >= 4 is 33.2 Å². The molecular weight excluding hydrogens is 352 g/mol. The normalized spacial score (nSPS) is 11.1. The van der Waals surface area contributed by atoms with E-state index in [0.29, 0.717) is 10.8 Å². The number of hydrogen-bond donors (Lipinski definition) is 2. The second-order valence-electron chi connectivity index (χ2n) is 5.00. The predicted molar refractivity (Wildman–Crippen MR) is 92.8 cm³/mol. The van der Waals surface area contributed by atoms with E-state index >= 15 is 0 Å². The summed E-state index contributed by atoms with van der Waals surface area (Å²) >= 11 is 5.88. The number of nitrogens with one attached hydrogen (secondary N) is 2. The zero-order chi connectivity index (χ0) is 17.7. The van der Waals surface area contributed by atoms with Crippen molar-refractivity contribution in [2.75, 3.05) is 12.4 Å². The molecule has 0 aliphatic heterocycles. The second kappa shape index (κ2) is 7.65. The van der Waals surface area contributed by atoms with Gasteiger partial charge in [0.25, 0.3) is 0 Å². The topological polar surface area (TPSA) is 84.5 Å². The minimum Gasteiger partial charge on any atom is -0.495 e. The highest BCUT2D eigenvalue weighted by Crippen LogP contribution is 2.27. The molecule has 0 fully saturated rings. The molecule has 24 heavy (non-hydrogen) atoms. The van der Waals surface area contributed by atoms with Gasteiger partial charge in [0, 0.05) is 18.5 Å². The van der Waals surface area contributed by atoms with E-state index in [0.717, 1.165) is 5.56 Å². The number of carbonyl (C=O) groups excluding carboxylic acids is 1. The fraction of sp³-hybridized carbons (Fsp3) is 0.188. The molecule has 6 nitrogen and oxygen atoms in total. The van der Waals surface area contributed by atoms with Gasteiger partial charge in [0.2, 0.25) is 15.9 Å². The Hall–Kier alpha value is -2.09. The van der Waals surface area contributed by atoms with Crippen molar-refractivity contribution in [1.82, 2.24) is 4.72 Å². The molecule has 0 aromatic heterocycles. The van der Waals surface area contributed by atoms with Crippen molar-refractivity contribution in [1.29, 1.82) is 0 Å². The molecule has 0 heterocycles. The number of methoxy groups -OCH3 is 1. The van der Waals surface area contributed by atoms with Crippen LogP contribution in [0.25, 0.3) is 0 Å². The third kappa shape index (κ3) is 4.70. The fourth-order valence-corrected chi connectivity index (χ4v) is 3.31. The highest BCUT2D eigenvalue weighted by atomic mass is 35.5. The molecule has 0 bridgehead atoms. The van der Waals surface area contributed by atoms with Crippen LogP contribution >= 0.6 is 11.6 Å². The van der Waals surface area contributed by atoms with E-state index in [4.69, 9.17) is 16.3 Å². The van der Waals surface area contributed by atoms with Gasteiger partial charge in [-0.1, -0.05) is 23.7 Å². The third-order valence-electron chi connectivity index (χ3n) is 3.15. The number of amides is 1. The Morgan fingerprint density at radius 1 is 1.21 bits per heavy atom. The number of hydrogen-bond acceptors (Lipinski definition) is 4. The summed E-state index contributed by atoms with van der Waals surface area (Å²) in [7, 11) is -2.32. The Bertz CT molecular complexity index is 853. The van der Waals surface area contributed by atoms with Crippen molar-refractivity contribution in [2.45, 2.75) is 18.4 Å². The predicted octanol–water partition coefficient (Wildman–Crippen LogP) is 2.79. The standard InChI is InChI=1S/C16H17ClN2O4S/c1-11(20)19-15-9-14(6-7-16(15)23-2)24(21,22)18-10-12-4-3-5-13(17)8-12/h3-9,18H,10H2,1-2H3,(H,19,20). The smallest absolute Gasteiger partial charge is 0.240 e. The fourth-order valence-electron chi connectivity index (χ4n) is 2.05. The highest BCUT2D eigenvalue weighted by molar-refractivity contribution is 7.89. The van der Waals surface area contributed by atoms with Gasteiger partial charge >= 0.3 is 0 Å². The summed E-state index contributed by atoms with van der Waals surface area (Å²) in [5, 5.41) is 3.08. The molecular formula is C16H17ClN2O4S. The first-order valence-electron chi connectivity index (χ1n) is 7.01. The molecule has 8 heteroatoms. The van der Waals surface area contributed by atoms with E-state index in [1.807, 2.05) is 0 Å². The molecule has 0 atom stereocenters. The van der Waals surface area contributed by atoms with Crippen LogP contribution in [0.3, 0.4) is 0 Å². The third-order valence-corrected chi connectivity index (χ3v) is 4.78. The first-order chi connectivity index (χ1) is 11.3. The highest BCUT2D eigenvalue weighted by Gasteiger charge is 2.17. The van der Waals surface area contributed by atoms with Gasteiger partial charge in [0.15, 0.2) is 0 Å². The van der Waals surface area contributed by atoms with E-state index in [1.54, 1.807) is 24.3 Å². The van der Waals surface area contributed by atoms with Gasteiger partial charge in [-0.2, -0.15) is 0 Å². The van der Waals surface area contributed by atoms with E-state index in [2.05, 4.69) is 10.0 Å². The van der Waals surface area contributed by atoms with Crippen LogP contribution in [0.2, 0.25) is 5.02 Å². The minimum absolute atomic E-state index is 0.0223. The van der Waals surface area contributed by atoms with Crippen LogP contribution in [0.15, 0.2) is 47.4 Å². The second-order valence-corrected chi connectivity index (χ2v) is 7.20. The summed E-state index contributed by atoms with van der Waals surface area (Å²) < 4.78 is 32.5. The maximum Gasteiger partial charge on any atom is 0.240 e. The maximum atomic E-state index is 12.4. The number of halogens is 1. The lowest BCUT2D eigenvalue weighted by molar-refractivity contribution is -0.114. The van der Waals surface area contributed by atoms with Gasteiger partial charge < -0.3 is 10.1 Å². The van der Waals surface area contributed by atoms with Crippen LogP contribution in [0.5, 0.6) is 5.75 Å². The van der Waals surface area contributed by atoms with Crippen molar-refractivity contribution in [2.24, 2.45) is 0 Å². The molecule has 2 aromatic carbocycles. The van der Waals surface area contributed by atoms with Gasteiger partial charge in [-0.05, 0) is 35.9 Å². The van der Waals surface area contributed by atoms with Crippen LogP contribution in [-0.2, 0) is 21.4 Å². The first kappa shape index (κ1) is 18.3. The summed E-state index contributed by atoms with van der Waals surface area (Å²) in [6.07, 6.45) is 0. The van der Waals surface area contributed by atoms with Gasteiger partial charge in [-0.25, -0.2) is 13.1 Å². The molecule has 2 rings (SSSR count). The van der Waals surface area contributed by atoms with Gasteiger partial charge in [0.1, 0.15) is 5.75 Å². The van der Waals surface area contributed by atoms with Crippen molar-refractivity contribution in [3.63, 3.8) is 0 Å². The molecule has 0 saturated carbocycles. The van der Waals surface area contributed by atoms with Crippen molar-refractivity contribution in [3.05, 3.63) is 53.1 Å². The number of rotatable bonds is 6. The Labute approximate surface area is 145 Å². The van der Waals surface area contributed by atoms with Crippen LogP contribution in [-0.4, -0.2) is 21.4 Å². The van der Waals surface area contributed by atoms with E-state index < -0.39 is 10.0 Å². The Morgan fingerprint density at radius 3 is 2.58 bits per heavy atom. The van der Waals surface area contributed by atoms with E-state index in [1.165, 1.54) is 32.2 Å². The average molecular weight is 369 g/mol. The lowest BCUT2D eigenvalue weighted by atomic mass is 10.2. The molecule has 2 N–H and O–H groups in total. The number of sulfonamides is 1. The first-order valence-corrected chi connectivity index (χ1v) is 8.87. The lowest BCUT2D eigenvalue weighted by Crippen LogP contribution is -2.23.